The van der Waals surface area contributed by atoms with Crippen LogP contribution in [0.3, 0.4) is 0 Å². The van der Waals surface area contributed by atoms with Gasteiger partial charge in [-0.15, -0.1) is 11.3 Å². The van der Waals surface area contributed by atoms with E-state index in [1.807, 2.05) is 107 Å². The number of aromatic nitrogens is 2. The molecule has 0 saturated carbocycles. The zero-order valence-electron chi connectivity index (χ0n) is 25.0. The van der Waals surface area contributed by atoms with Crippen molar-refractivity contribution >= 4 is 66.3 Å². The van der Waals surface area contributed by atoms with E-state index >= 15 is 0 Å². The second-order valence-electron chi connectivity index (χ2n) is 10.6. The first kappa shape index (κ1) is 33.7. The van der Waals surface area contributed by atoms with Gasteiger partial charge in [-0.2, -0.15) is 21.4 Å². The highest BCUT2D eigenvalue weighted by molar-refractivity contribution is 7.86. The van der Waals surface area contributed by atoms with E-state index in [2.05, 4.69) is 0 Å². The first-order valence-corrected chi connectivity index (χ1v) is 19.5. The lowest BCUT2D eigenvalue weighted by molar-refractivity contribution is -0.683. The Bertz CT molecular complexity index is 2180. The summed E-state index contributed by atoms with van der Waals surface area (Å²) in [5, 5.41) is 2.85. The van der Waals surface area contributed by atoms with E-state index in [4.69, 9.17) is 4.55 Å². The number of benzene rings is 2. The molecule has 2 aromatic carbocycles. The quantitative estimate of drug-likeness (QED) is 0.169. The molecule has 0 bridgehead atoms. The Labute approximate surface area is 275 Å². The minimum atomic E-state index is -4.10. The van der Waals surface area contributed by atoms with Gasteiger partial charge in [0.2, 0.25) is 5.69 Å². The summed E-state index contributed by atoms with van der Waals surface area (Å²) >= 11 is 2.87. The molecule has 0 unspecified atom stereocenters. The lowest BCUT2D eigenvalue weighted by Gasteiger charge is -2.27. The first-order valence-electron chi connectivity index (χ1n) is 14.6. The van der Waals surface area contributed by atoms with Crippen molar-refractivity contribution in [2.75, 3.05) is 23.0 Å². The Balaban J connectivity index is 1.51. The number of fused-ring (bicyclic) bond motifs is 1. The third-order valence-electron chi connectivity index (χ3n) is 7.38. The monoisotopic (exact) mass is 700 g/mol. The molecule has 1 aliphatic heterocycles. The highest BCUT2D eigenvalue weighted by Gasteiger charge is 2.22. The van der Waals surface area contributed by atoms with E-state index in [1.165, 1.54) is 22.7 Å². The fourth-order valence-corrected chi connectivity index (χ4v) is 8.34. The Morgan fingerprint density at radius 3 is 2.33 bits per heavy atom. The van der Waals surface area contributed by atoms with Crippen molar-refractivity contribution in [3.63, 3.8) is 0 Å². The summed E-state index contributed by atoms with van der Waals surface area (Å²) in [4.78, 5) is 15.4. The number of rotatable bonds is 12. The molecule has 46 heavy (non-hydrogen) atoms. The normalized spacial score (nSPS) is 15.2. The molecule has 1 aliphatic rings. The Kier molecular flexibility index (Phi) is 10.6. The largest absolute Gasteiger partial charge is 0.347 e. The molecule has 10 nitrogen and oxygen atoms in total. The van der Waals surface area contributed by atoms with Gasteiger partial charge in [0, 0.05) is 42.5 Å². The molecule has 2 N–H and O–H groups in total. The lowest BCUT2D eigenvalue weighted by Crippen LogP contribution is -2.38. The topological polar surface area (TPSA) is 138 Å². The molecule has 14 heteroatoms. The van der Waals surface area contributed by atoms with E-state index < -0.39 is 20.2 Å². The number of hydrogen-bond donors (Lipinski definition) is 2. The maximum absolute atomic E-state index is 13.5. The highest BCUT2D eigenvalue weighted by atomic mass is 32.2. The predicted octanol–water partition coefficient (Wildman–Crippen LogP) is 3.53. The fraction of sp³-hybridized carbons (Fsp3) is 0.250. The third-order valence-corrected chi connectivity index (χ3v) is 11.0. The van der Waals surface area contributed by atoms with Crippen LogP contribution >= 0.6 is 22.7 Å². The van der Waals surface area contributed by atoms with Gasteiger partial charge in [0.1, 0.15) is 4.66 Å². The van der Waals surface area contributed by atoms with Gasteiger partial charge < -0.3 is 4.90 Å². The van der Waals surface area contributed by atoms with Gasteiger partial charge in [0.05, 0.1) is 27.5 Å². The van der Waals surface area contributed by atoms with Crippen LogP contribution in [0.1, 0.15) is 30.3 Å². The Hall–Kier alpha value is -3.66. The maximum Gasteiger partial charge on any atom is 0.269 e. The van der Waals surface area contributed by atoms with Crippen LogP contribution in [0.25, 0.3) is 29.0 Å². The van der Waals surface area contributed by atoms with E-state index in [0.29, 0.717) is 24.2 Å². The first-order chi connectivity index (χ1) is 21.9. The molecule has 0 radical (unpaired) electrons. The highest BCUT2D eigenvalue weighted by Crippen LogP contribution is 2.32. The van der Waals surface area contributed by atoms with Gasteiger partial charge in [-0.05, 0) is 49.3 Å². The zero-order chi connectivity index (χ0) is 32.9. The summed E-state index contributed by atoms with van der Waals surface area (Å²) in [6.45, 7) is 3.16. The second-order valence-corrected chi connectivity index (χ2v) is 15.7. The summed E-state index contributed by atoms with van der Waals surface area (Å²) in [5.74, 6) is -0.670. The molecular weight excluding hydrogens is 667 g/mol. The number of nitrogens with zero attached hydrogens (tertiary/aromatic N) is 3. The van der Waals surface area contributed by atoms with Crippen molar-refractivity contribution in [3.8, 4) is 11.3 Å². The fourth-order valence-electron chi connectivity index (χ4n) is 5.24. The van der Waals surface area contributed by atoms with Crippen LogP contribution in [-0.4, -0.2) is 48.6 Å². The molecule has 0 aliphatic carbocycles. The van der Waals surface area contributed by atoms with Crippen molar-refractivity contribution in [2.45, 2.75) is 32.9 Å². The van der Waals surface area contributed by atoms with E-state index in [-0.39, 0.29) is 29.9 Å². The molecule has 5 rings (SSSR count). The number of thiazole rings is 2. The number of para-hydroxylation sites is 1. The molecular formula is C32H34N3O7S4+. The van der Waals surface area contributed by atoms with Crippen LogP contribution in [0.2, 0.25) is 0 Å². The number of allylic oxidation sites excluding steroid dienone is 3. The minimum absolute atomic E-state index is 0.117. The molecule has 3 heterocycles. The van der Waals surface area contributed by atoms with E-state index in [1.54, 1.807) is 4.57 Å². The van der Waals surface area contributed by atoms with Crippen molar-refractivity contribution in [2.24, 2.45) is 0 Å². The Morgan fingerprint density at radius 2 is 1.61 bits per heavy atom. The third kappa shape index (κ3) is 8.37. The van der Waals surface area contributed by atoms with Gasteiger partial charge in [0.15, 0.2) is 6.54 Å². The van der Waals surface area contributed by atoms with Gasteiger partial charge in [-0.3, -0.25) is 18.5 Å². The molecule has 0 atom stereocenters. The molecule has 0 saturated heterocycles. The number of anilines is 1. The minimum Gasteiger partial charge on any atom is -0.347 e. The van der Waals surface area contributed by atoms with Crippen molar-refractivity contribution in [1.29, 1.82) is 0 Å². The van der Waals surface area contributed by atoms with Crippen LogP contribution in [0.5, 0.6) is 0 Å². The van der Waals surface area contributed by atoms with Gasteiger partial charge in [-0.1, -0.05) is 53.8 Å². The second kappa shape index (κ2) is 14.4. The molecule has 0 spiro atoms. The van der Waals surface area contributed by atoms with Gasteiger partial charge >= 0.3 is 0 Å². The molecule has 4 aromatic rings. The van der Waals surface area contributed by atoms with Crippen LogP contribution < -0.4 is 24.2 Å². The van der Waals surface area contributed by atoms with E-state index in [0.717, 1.165) is 37.8 Å². The van der Waals surface area contributed by atoms with Gasteiger partial charge in [0.25, 0.3) is 30.8 Å². The molecule has 0 fully saturated rings. The summed E-state index contributed by atoms with van der Waals surface area (Å²) in [6.07, 6.45) is 9.94. The lowest BCUT2D eigenvalue weighted by atomic mass is 9.99. The summed E-state index contributed by atoms with van der Waals surface area (Å²) < 4.78 is 68.6. The summed E-state index contributed by atoms with van der Waals surface area (Å²) in [7, 11) is -8.13. The van der Waals surface area contributed by atoms with Crippen molar-refractivity contribution in [1.82, 2.24) is 4.57 Å². The van der Waals surface area contributed by atoms with E-state index in [9.17, 15) is 26.2 Å². The standard InChI is InChI=1S/C32H33N3O7S4/c1-2-34-31(22-30-35(18-9-21-46(40,41)42)28(23-43-30)25-10-4-3-5-11-25)44-29(32(34)36)15-14-24-16-19-33(17-8-20-45(37,38)39)27-13-7-6-12-26(24)27/h3-7,10-16,19,22-23H,2,8-9,17-18,20-21H2,1H3,(H-,37,38,39,40,41,42)/p+1. The predicted molar refractivity (Wildman–Crippen MR) is 184 cm³/mol. The van der Waals surface area contributed by atoms with Gasteiger partial charge in [-0.25, -0.2) is 0 Å². The zero-order valence-corrected chi connectivity index (χ0v) is 28.3. The van der Waals surface area contributed by atoms with Crippen LogP contribution in [0.4, 0.5) is 5.69 Å². The average Bonchev–Trinajstić information content (AvgIpc) is 3.55. The molecule has 242 valence electrons. The van der Waals surface area contributed by atoms with Crippen molar-refractivity contribution in [3.05, 3.63) is 108 Å². The van der Waals surface area contributed by atoms with Crippen LogP contribution in [-0.2, 0) is 33.3 Å². The SMILES string of the molecule is CCn1c(=Cc2scc(-c3ccccc3)[n+]2CCCS(=O)(=O)O)sc(=CC=C2C=CN(CCCS(=O)(=O)O)c3ccccc32)c1=O. The average molecular weight is 701 g/mol. The smallest absolute Gasteiger partial charge is 0.269 e. The Morgan fingerprint density at radius 1 is 0.913 bits per heavy atom. The molecule has 0 amide bonds. The van der Waals surface area contributed by atoms with Crippen molar-refractivity contribution < 1.29 is 30.5 Å². The van der Waals surface area contributed by atoms with Crippen LogP contribution in [0.15, 0.2) is 83.1 Å². The maximum atomic E-state index is 13.5. The molecule has 2 aromatic heterocycles. The summed E-state index contributed by atoms with van der Waals surface area (Å²) in [5.41, 5.74) is 4.50. The summed E-state index contributed by atoms with van der Waals surface area (Å²) in [6, 6.07) is 17.5. The number of hydrogen-bond acceptors (Lipinski definition) is 8. The van der Waals surface area contributed by atoms with Crippen LogP contribution in [0, 0.1) is 0 Å².